The maximum atomic E-state index is 11.4. The van der Waals surface area contributed by atoms with E-state index in [1.807, 2.05) is 0 Å². The average molecular weight is 244 g/mol. The Balaban J connectivity index is 2.10. The van der Waals surface area contributed by atoms with Crippen molar-refractivity contribution in [3.8, 4) is 0 Å². The average Bonchev–Trinajstić information content (AvgIpc) is 2.84. The number of fused-ring (bicyclic) bond motifs is 1. The first-order chi connectivity index (χ1) is 8.63. The van der Waals surface area contributed by atoms with Crippen molar-refractivity contribution in [1.29, 1.82) is 0 Å². The summed E-state index contributed by atoms with van der Waals surface area (Å²) in [6.07, 6.45) is 4.69. The van der Waals surface area contributed by atoms with Gasteiger partial charge < -0.3 is 11.1 Å². The summed E-state index contributed by atoms with van der Waals surface area (Å²) in [5.74, 6) is -0.134. The van der Waals surface area contributed by atoms with Gasteiger partial charge in [0.05, 0.1) is 6.20 Å². The molecule has 0 atom stereocenters. The molecule has 3 rings (SSSR count). The topological polar surface area (TPSA) is 114 Å². The van der Waals surface area contributed by atoms with E-state index in [2.05, 4.69) is 20.7 Å². The quantitative estimate of drug-likeness (QED) is 0.461. The zero-order chi connectivity index (χ0) is 12.7. The molecular formula is C10H8N6O2. The molecule has 18 heavy (non-hydrogen) atoms. The summed E-state index contributed by atoms with van der Waals surface area (Å²) in [5.41, 5.74) is 6.84. The molecule has 2 aromatic heterocycles. The Morgan fingerprint density at radius 2 is 2.17 bits per heavy atom. The number of carbonyl (C=O) groups excluding carboxylic acids is 2. The normalized spacial score (nSPS) is 17.2. The monoisotopic (exact) mass is 244 g/mol. The lowest BCUT2D eigenvalue weighted by Crippen LogP contribution is -2.22. The highest BCUT2D eigenvalue weighted by atomic mass is 16.2. The van der Waals surface area contributed by atoms with Crippen LogP contribution in [0.15, 0.2) is 24.2 Å². The van der Waals surface area contributed by atoms with Gasteiger partial charge in [0.25, 0.3) is 5.91 Å². The van der Waals surface area contributed by atoms with Crippen LogP contribution in [0.3, 0.4) is 0 Å². The Bertz CT molecular complexity index is 701. The Kier molecular flexibility index (Phi) is 2.03. The number of hydrogen-bond acceptors (Lipinski definition) is 5. The number of hydrogen-bond donors (Lipinski definition) is 3. The molecule has 0 aromatic carbocycles. The molecule has 0 radical (unpaired) electrons. The minimum Gasteiger partial charge on any atom is -0.384 e. The van der Waals surface area contributed by atoms with Crippen LogP contribution in [-0.4, -0.2) is 26.5 Å². The van der Waals surface area contributed by atoms with Gasteiger partial charge in [-0.25, -0.2) is 14.3 Å². The summed E-state index contributed by atoms with van der Waals surface area (Å²) in [4.78, 5) is 26.5. The zero-order valence-electron chi connectivity index (χ0n) is 9.04. The molecule has 0 unspecified atom stereocenters. The predicted molar refractivity (Wildman–Crippen MR) is 62.1 cm³/mol. The van der Waals surface area contributed by atoms with Crippen molar-refractivity contribution < 1.29 is 9.59 Å². The van der Waals surface area contributed by atoms with Gasteiger partial charge >= 0.3 is 6.03 Å². The van der Waals surface area contributed by atoms with Crippen LogP contribution in [0, 0.1) is 0 Å². The van der Waals surface area contributed by atoms with Gasteiger partial charge in [0.15, 0.2) is 5.65 Å². The van der Waals surface area contributed by atoms with Crippen LogP contribution in [-0.2, 0) is 4.79 Å². The van der Waals surface area contributed by atoms with Crippen molar-refractivity contribution in [3.63, 3.8) is 0 Å². The molecule has 0 aliphatic carbocycles. The van der Waals surface area contributed by atoms with E-state index in [4.69, 9.17) is 5.73 Å². The molecule has 3 heterocycles. The van der Waals surface area contributed by atoms with E-state index < -0.39 is 11.9 Å². The van der Waals surface area contributed by atoms with Crippen molar-refractivity contribution in [2.24, 2.45) is 0 Å². The number of nitrogens with two attached hydrogens (primary N) is 1. The Labute approximate surface area is 100 Å². The van der Waals surface area contributed by atoms with Gasteiger partial charge in [0.2, 0.25) is 0 Å². The molecule has 1 saturated heterocycles. The van der Waals surface area contributed by atoms with E-state index in [0.717, 1.165) is 0 Å². The van der Waals surface area contributed by atoms with Crippen molar-refractivity contribution in [1.82, 2.24) is 25.2 Å². The highest BCUT2D eigenvalue weighted by molar-refractivity contribution is 6.14. The molecule has 1 aliphatic rings. The van der Waals surface area contributed by atoms with Gasteiger partial charge in [-0.3, -0.25) is 10.1 Å². The standard InChI is InChI=1S/C10H8N6O2/c11-7-1-2-16-8(14-7)5(4-12-16)3-6-9(17)15-10(18)13-6/h1-4H,(H2,11,14)(H2,13,15,17,18). The number of urea groups is 1. The van der Waals surface area contributed by atoms with E-state index in [1.165, 1.54) is 16.8 Å². The number of amides is 3. The summed E-state index contributed by atoms with van der Waals surface area (Å²) in [6, 6.07) is 1.07. The molecule has 4 N–H and O–H groups in total. The third-order valence-corrected chi connectivity index (χ3v) is 2.44. The number of anilines is 1. The molecule has 1 fully saturated rings. The second kappa shape index (κ2) is 3.55. The third-order valence-electron chi connectivity index (χ3n) is 2.44. The van der Waals surface area contributed by atoms with Crippen LogP contribution >= 0.6 is 0 Å². The lowest BCUT2D eigenvalue weighted by Gasteiger charge is -1.96. The lowest BCUT2D eigenvalue weighted by atomic mass is 10.2. The van der Waals surface area contributed by atoms with Crippen LogP contribution in [0.4, 0.5) is 10.6 Å². The maximum Gasteiger partial charge on any atom is 0.326 e. The van der Waals surface area contributed by atoms with E-state index in [-0.39, 0.29) is 5.70 Å². The van der Waals surface area contributed by atoms with Gasteiger partial charge in [-0.15, -0.1) is 0 Å². The maximum absolute atomic E-state index is 11.4. The Morgan fingerprint density at radius 1 is 1.33 bits per heavy atom. The zero-order valence-corrected chi connectivity index (χ0v) is 9.04. The Hall–Kier alpha value is -2.90. The van der Waals surface area contributed by atoms with E-state index in [1.54, 1.807) is 12.3 Å². The van der Waals surface area contributed by atoms with Gasteiger partial charge in [-0.1, -0.05) is 0 Å². The number of nitrogens with zero attached hydrogens (tertiary/aromatic N) is 3. The first kappa shape index (κ1) is 10.3. The number of nitrogens with one attached hydrogen (secondary N) is 2. The first-order valence-corrected chi connectivity index (χ1v) is 5.07. The van der Waals surface area contributed by atoms with E-state index in [0.29, 0.717) is 17.0 Å². The second-order valence-electron chi connectivity index (χ2n) is 3.69. The third kappa shape index (κ3) is 1.56. The van der Waals surface area contributed by atoms with E-state index >= 15 is 0 Å². The first-order valence-electron chi connectivity index (χ1n) is 5.07. The predicted octanol–water partition coefficient (Wildman–Crippen LogP) is -0.508. The fraction of sp³-hybridized carbons (Fsp3) is 0. The molecule has 1 aliphatic heterocycles. The van der Waals surface area contributed by atoms with Crippen LogP contribution in [0.5, 0.6) is 0 Å². The van der Waals surface area contributed by atoms with Crippen LogP contribution in [0.2, 0.25) is 0 Å². The fourth-order valence-corrected chi connectivity index (χ4v) is 1.64. The van der Waals surface area contributed by atoms with Crippen LogP contribution in [0.25, 0.3) is 11.7 Å². The van der Waals surface area contributed by atoms with Gasteiger partial charge in [-0.05, 0) is 12.1 Å². The minimum absolute atomic E-state index is 0.152. The van der Waals surface area contributed by atoms with Crippen molar-refractivity contribution in [2.45, 2.75) is 0 Å². The number of imide groups is 1. The highest BCUT2D eigenvalue weighted by Crippen LogP contribution is 2.14. The van der Waals surface area contributed by atoms with Crippen molar-refractivity contribution in [3.05, 3.63) is 29.7 Å². The number of nitrogen functional groups attached to an aromatic ring is 1. The minimum atomic E-state index is -0.546. The summed E-state index contributed by atoms with van der Waals surface area (Å²) < 4.78 is 1.53. The van der Waals surface area contributed by atoms with Crippen molar-refractivity contribution >= 4 is 29.5 Å². The van der Waals surface area contributed by atoms with E-state index in [9.17, 15) is 9.59 Å². The largest absolute Gasteiger partial charge is 0.384 e. The molecule has 8 nitrogen and oxygen atoms in total. The van der Waals surface area contributed by atoms with Crippen LogP contribution < -0.4 is 16.4 Å². The van der Waals surface area contributed by atoms with Crippen LogP contribution in [0.1, 0.15) is 5.56 Å². The molecule has 0 spiro atoms. The van der Waals surface area contributed by atoms with Gasteiger partial charge in [0, 0.05) is 11.8 Å². The van der Waals surface area contributed by atoms with Gasteiger partial charge in [-0.2, -0.15) is 5.10 Å². The highest BCUT2D eigenvalue weighted by Gasteiger charge is 2.23. The van der Waals surface area contributed by atoms with Crippen molar-refractivity contribution in [2.75, 3.05) is 5.73 Å². The molecule has 0 saturated carbocycles. The SMILES string of the molecule is Nc1ccn2ncc(C=C3NC(=O)NC3=O)c2n1. The molecule has 8 heteroatoms. The summed E-state index contributed by atoms with van der Waals surface area (Å²) in [5, 5.41) is 8.55. The molecule has 0 bridgehead atoms. The summed E-state index contributed by atoms with van der Waals surface area (Å²) in [6.45, 7) is 0. The smallest absolute Gasteiger partial charge is 0.326 e. The van der Waals surface area contributed by atoms with Gasteiger partial charge in [0.1, 0.15) is 11.5 Å². The lowest BCUT2D eigenvalue weighted by molar-refractivity contribution is -0.115. The summed E-state index contributed by atoms with van der Waals surface area (Å²) >= 11 is 0. The second-order valence-corrected chi connectivity index (χ2v) is 3.69. The summed E-state index contributed by atoms with van der Waals surface area (Å²) in [7, 11) is 0. The molecular weight excluding hydrogens is 236 g/mol. The molecule has 2 aromatic rings. The fourth-order valence-electron chi connectivity index (χ4n) is 1.64. The molecule has 3 amide bonds. The number of rotatable bonds is 1. The molecule has 90 valence electrons. The number of carbonyl (C=O) groups is 2. The number of aromatic nitrogens is 3. The Morgan fingerprint density at radius 3 is 2.89 bits per heavy atom.